The van der Waals surface area contributed by atoms with Crippen molar-refractivity contribution in [1.82, 2.24) is 14.8 Å². The van der Waals surface area contributed by atoms with Gasteiger partial charge in [0.1, 0.15) is 20.7 Å². The van der Waals surface area contributed by atoms with Crippen molar-refractivity contribution < 1.29 is 19.4 Å². The van der Waals surface area contributed by atoms with E-state index in [2.05, 4.69) is 92.5 Å². The van der Waals surface area contributed by atoms with Crippen molar-refractivity contribution in [3.63, 3.8) is 0 Å². The molecule has 4 fully saturated rings. The SMILES string of the molecule is CCSC(N)=NC(=S)Nc1ccc(N2CCC(N3CCCC3)CC2)cc1.Nc1nc(Nc2ccc(N3CCC(N4CCCC4)CC3)cc2)sc1C(=O)c1ccc(Cl)c([N+](=O)[O-])c1.O=C(CBr)c1ccc(Cl)c([N+](=O)[O-])c1.P. The number of rotatable bonds is 14. The number of thioether (sulfide) groups is 1. The van der Waals surface area contributed by atoms with Gasteiger partial charge in [0.2, 0.25) is 5.78 Å². The highest BCUT2D eigenvalue weighted by atomic mass is 79.9. The van der Waals surface area contributed by atoms with Gasteiger partial charge in [-0.2, -0.15) is 14.9 Å². The molecular weight excluding hydrogens is 1170 g/mol. The average Bonchev–Trinajstić information content (AvgIpc) is 4.24. The van der Waals surface area contributed by atoms with E-state index < -0.39 is 15.6 Å². The van der Waals surface area contributed by atoms with Crippen LogP contribution in [0.25, 0.3) is 0 Å². The van der Waals surface area contributed by atoms with E-state index in [-0.39, 0.29) is 64.3 Å². The predicted octanol–water partition coefficient (Wildman–Crippen LogP) is 11.7. The van der Waals surface area contributed by atoms with E-state index in [1.54, 1.807) is 0 Å². The number of amidine groups is 1. The van der Waals surface area contributed by atoms with Crippen molar-refractivity contribution in [2.75, 3.05) is 89.6 Å². The molecule has 1 unspecified atom stereocenters. The van der Waals surface area contributed by atoms with E-state index in [4.69, 9.17) is 46.9 Å². The van der Waals surface area contributed by atoms with Crippen molar-refractivity contribution in [3.05, 3.63) is 131 Å². The minimum absolute atomic E-state index is 0. The molecule has 0 amide bonds. The van der Waals surface area contributed by atoms with Crippen LogP contribution in [0, 0.1) is 20.2 Å². The summed E-state index contributed by atoms with van der Waals surface area (Å²) in [5.74, 6) is 0.305. The molecule has 5 aromatic rings. The van der Waals surface area contributed by atoms with E-state index in [0.717, 1.165) is 72.8 Å². The summed E-state index contributed by atoms with van der Waals surface area (Å²) in [4.78, 5) is 63.5. The Morgan fingerprint density at radius 3 is 1.68 bits per heavy atom. The molecule has 4 aliphatic heterocycles. The normalized spacial score (nSPS) is 16.3. The summed E-state index contributed by atoms with van der Waals surface area (Å²) in [5.41, 5.74) is 15.9. The van der Waals surface area contributed by atoms with Gasteiger partial charge in [-0.15, -0.1) is 0 Å². The number of nitrogen functional groups attached to an aromatic ring is 1. The van der Waals surface area contributed by atoms with E-state index in [1.807, 2.05) is 19.1 Å². The van der Waals surface area contributed by atoms with Crippen LogP contribution in [0.5, 0.6) is 0 Å². The maximum Gasteiger partial charge on any atom is 0.288 e. The molecule has 0 aliphatic carbocycles. The highest BCUT2D eigenvalue weighted by Gasteiger charge is 2.28. The van der Waals surface area contributed by atoms with Gasteiger partial charge in [-0.3, -0.25) is 29.8 Å². The number of ketones is 2. The fourth-order valence-corrected chi connectivity index (χ4v) is 11.9. The molecule has 9 rings (SSSR count). The first-order valence-electron chi connectivity index (χ1n) is 25.1. The number of nitrogens with two attached hydrogens (primary N) is 2. The van der Waals surface area contributed by atoms with Gasteiger partial charge in [-0.25, -0.2) is 4.98 Å². The summed E-state index contributed by atoms with van der Waals surface area (Å²) in [6.45, 7) is 11.5. The molecule has 18 nitrogen and oxygen atoms in total. The number of hydrogen-bond donors (Lipinski definition) is 4. The van der Waals surface area contributed by atoms with Crippen LogP contribution in [0.3, 0.4) is 0 Å². The molecule has 4 saturated heterocycles. The number of Topliss-reactive ketones (excluding diaryl/α,β-unsaturated/α-hetero) is 1. The van der Waals surface area contributed by atoms with Gasteiger partial charge >= 0.3 is 0 Å². The molecule has 77 heavy (non-hydrogen) atoms. The number of aliphatic imine (C=N–C) groups is 1. The number of nitrogens with zero attached hydrogens (tertiary/aromatic N) is 8. The number of carbonyl (C=O) groups excluding carboxylic acids is 2. The highest BCUT2D eigenvalue weighted by molar-refractivity contribution is 9.09. The van der Waals surface area contributed by atoms with Gasteiger partial charge in [0, 0.05) is 84.3 Å². The number of aromatic nitrogens is 1. The minimum atomic E-state index is -0.623. The van der Waals surface area contributed by atoms with Crippen molar-refractivity contribution in [2.24, 2.45) is 10.7 Å². The first-order chi connectivity index (χ1) is 36.6. The van der Waals surface area contributed by atoms with Gasteiger partial charge < -0.3 is 41.7 Å². The lowest BCUT2D eigenvalue weighted by Gasteiger charge is -2.37. The zero-order chi connectivity index (χ0) is 54.3. The summed E-state index contributed by atoms with van der Waals surface area (Å²) in [6, 6.07) is 26.0. The highest BCUT2D eigenvalue weighted by Crippen LogP contribution is 2.34. The number of alkyl halides is 1. The summed E-state index contributed by atoms with van der Waals surface area (Å²) >= 11 is 22.3. The van der Waals surface area contributed by atoms with Gasteiger partial charge in [0.25, 0.3) is 11.4 Å². The summed E-state index contributed by atoms with van der Waals surface area (Å²) < 4.78 is 0. The van der Waals surface area contributed by atoms with Gasteiger partial charge in [0.15, 0.2) is 21.2 Å². The zero-order valence-electron chi connectivity index (χ0n) is 42.7. The van der Waals surface area contributed by atoms with Crippen molar-refractivity contribution in [3.8, 4) is 0 Å². The van der Waals surface area contributed by atoms with Gasteiger partial charge in [0.05, 0.1) is 15.2 Å². The Labute approximate surface area is 484 Å². The summed E-state index contributed by atoms with van der Waals surface area (Å²) in [7, 11) is 0. The lowest BCUT2D eigenvalue weighted by atomic mass is 10.0. The molecule has 1 atom stereocenters. The number of nitro benzene ring substituents is 2. The predicted molar refractivity (Wildman–Crippen MR) is 330 cm³/mol. The maximum atomic E-state index is 12.9. The minimum Gasteiger partial charge on any atom is -0.382 e. The molecule has 4 aliphatic rings. The van der Waals surface area contributed by atoms with E-state index >= 15 is 0 Å². The van der Waals surface area contributed by atoms with Crippen LogP contribution in [0.4, 0.5) is 45.1 Å². The molecule has 412 valence electrons. The third kappa shape index (κ3) is 17.2. The molecule has 0 bridgehead atoms. The Morgan fingerprint density at radius 1 is 0.766 bits per heavy atom. The quantitative estimate of drug-likeness (QED) is 0.0118. The molecule has 1 aromatic heterocycles. The van der Waals surface area contributed by atoms with Crippen molar-refractivity contribution >= 4 is 151 Å². The lowest BCUT2D eigenvalue weighted by Crippen LogP contribution is -2.43. The van der Waals surface area contributed by atoms with Crippen LogP contribution in [-0.4, -0.2) is 122 Å². The van der Waals surface area contributed by atoms with Gasteiger partial charge in [-0.05, 0) is 168 Å². The number of benzene rings is 4. The average molecular weight is 1230 g/mol. The fourth-order valence-electron chi connectivity index (χ4n) is 9.63. The Bertz CT molecular complexity index is 2860. The molecule has 0 saturated carbocycles. The van der Waals surface area contributed by atoms with Crippen molar-refractivity contribution in [2.45, 2.75) is 70.4 Å². The van der Waals surface area contributed by atoms with Crippen LogP contribution in [0.1, 0.15) is 83.9 Å². The third-order valence-corrected chi connectivity index (χ3v) is 16.6. The van der Waals surface area contributed by atoms with Crippen LogP contribution in [0.2, 0.25) is 10.0 Å². The molecular formula is C52H64BrCl2N12O6PS3. The number of carbonyl (C=O) groups is 2. The number of nitrogens with one attached hydrogen (secondary N) is 2. The maximum absolute atomic E-state index is 12.9. The van der Waals surface area contributed by atoms with Crippen LogP contribution < -0.4 is 31.9 Å². The number of likely N-dealkylation sites (tertiary alicyclic amines) is 2. The zero-order valence-corrected chi connectivity index (χ0v) is 49.7. The van der Waals surface area contributed by atoms with Crippen LogP contribution >= 0.6 is 84.3 Å². The second-order valence-corrected chi connectivity index (χ2v) is 22.5. The summed E-state index contributed by atoms with van der Waals surface area (Å²) in [5, 5.41) is 29.5. The number of anilines is 6. The third-order valence-electron chi connectivity index (χ3n) is 13.6. The Balaban J connectivity index is 0.000000205. The molecule has 0 spiro atoms. The second kappa shape index (κ2) is 29.8. The Kier molecular flexibility index (Phi) is 23.7. The number of thiazole rings is 1. The summed E-state index contributed by atoms with van der Waals surface area (Å²) in [6.07, 6.45) is 10.4. The Hall–Kier alpha value is -5.03. The van der Waals surface area contributed by atoms with Crippen LogP contribution in [0.15, 0.2) is 89.9 Å². The van der Waals surface area contributed by atoms with Gasteiger partial charge in [-0.1, -0.05) is 69.2 Å². The van der Waals surface area contributed by atoms with E-state index in [9.17, 15) is 29.8 Å². The number of piperidine rings is 2. The number of halogens is 3. The molecule has 0 radical (unpaired) electrons. The first-order valence-corrected chi connectivity index (χ1v) is 29.2. The number of thiocarbonyl (C=S) groups is 1. The molecule has 6 N–H and O–H groups in total. The van der Waals surface area contributed by atoms with Crippen LogP contribution in [-0.2, 0) is 0 Å². The number of nitro groups is 2. The Morgan fingerprint density at radius 2 is 1.22 bits per heavy atom. The lowest BCUT2D eigenvalue weighted by molar-refractivity contribution is -0.384. The van der Waals surface area contributed by atoms with E-state index in [0.29, 0.717) is 15.4 Å². The topological polar surface area (TPSA) is 235 Å². The second-order valence-electron chi connectivity index (χ2n) is 18.4. The van der Waals surface area contributed by atoms with E-state index in [1.165, 1.54) is 131 Å². The molecule has 25 heteroatoms. The molecule has 4 aromatic carbocycles. The number of hydrogen-bond acceptors (Lipinski definition) is 16. The standard InChI is InChI=1S/C25H27ClN6O3S.C19H29N5S2.C8H5BrClNO3.H3P/c26-20-8-3-16(15-21(20)32(34)35)22(33)23-24(27)29-25(36-23)28-17-4-6-18(7-5-17)31-13-9-19(10-14-31)30-11-1-2-12-30;1-2-26-18(20)22-19(25)21-15-5-7-16(8-6-15)24-13-9-17(10-14-24)23-11-3-4-12-23;9-4-8(12)5-1-2-6(10)7(3-5)11(13)14;/h3-8,15,19H,1-2,9-14,27H2,(H,28,29);5-8,17H,2-4,9-14H2,1H3,(H3,20,21,22,25);1-3H,4H2;1H3. The monoisotopic (exact) mass is 1230 g/mol. The smallest absolute Gasteiger partial charge is 0.288 e. The molecule has 5 heterocycles. The van der Waals surface area contributed by atoms with Crippen molar-refractivity contribution in [1.29, 1.82) is 0 Å². The fraction of sp³-hybridized carbons (Fsp3) is 0.404. The largest absolute Gasteiger partial charge is 0.382 e. The first kappa shape index (κ1) is 61.2.